The Balaban J connectivity index is 1.67. The molecule has 1 unspecified atom stereocenters. The Labute approximate surface area is 154 Å². The molecule has 136 valence electrons. The summed E-state index contributed by atoms with van der Waals surface area (Å²) < 4.78 is 2.11. The third-order valence-corrected chi connectivity index (χ3v) is 5.75. The zero-order valence-corrected chi connectivity index (χ0v) is 16.0. The van der Waals surface area contributed by atoms with Crippen LogP contribution in [0.1, 0.15) is 46.5 Å². The van der Waals surface area contributed by atoms with E-state index in [1.807, 2.05) is 6.92 Å². The first-order chi connectivity index (χ1) is 12.5. The fourth-order valence-electron chi connectivity index (χ4n) is 3.89. The quantitative estimate of drug-likeness (QED) is 0.921. The van der Waals surface area contributed by atoms with E-state index in [1.165, 1.54) is 16.7 Å². The van der Waals surface area contributed by atoms with Crippen molar-refractivity contribution in [3.63, 3.8) is 0 Å². The number of ketones is 1. The first-order valence-electron chi connectivity index (χ1n) is 9.31. The van der Waals surface area contributed by atoms with Crippen molar-refractivity contribution >= 4 is 11.5 Å². The van der Waals surface area contributed by atoms with Crippen LogP contribution in [0, 0.1) is 27.7 Å². The Hall–Kier alpha value is -2.40. The van der Waals surface area contributed by atoms with E-state index < -0.39 is 0 Å². The Kier molecular flexibility index (Phi) is 4.19. The number of carbonyl (C=O) groups excluding carboxylic acids is 1. The van der Waals surface area contributed by atoms with Gasteiger partial charge in [-0.3, -0.25) is 9.69 Å². The number of hydrogen-bond donors (Lipinski definition) is 1. The molecule has 0 aliphatic carbocycles. The topological polar surface area (TPSA) is 50.2 Å². The predicted octanol–water partition coefficient (Wildman–Crippen LogP) is 3.03. The first-order valence-corrected chi connectivity index (χ1v) is 9.31. The summed E-state index contributed by atoms with van der Waals surface area (Å²) in [4.78, 5) is 19.9. The van der Waals surface area contributed by atoms with Gasteiger partial charge in [0.2, 0.25) is 0 Å². The maximum Gasteiger partial charge on any atom is 0.195 e. The van der Waals surface area contributed by atoms with Gasteiger partial charge in [-0.2, -0.15) is 0 Å². The highest BCUT2D eigenvalue weighted by Crippen LogP contribution is 2.32. The number of benzene rings is 1. The van der Waals surface area contributed by atoms with Crippen LogP contribution < -0.4 is 5.32 Å². The molecule has 1 N–H and O–H groups in total. The standard InChI is InChI=1S/C21H26N4O/c1-13-7-5-8-14(2)17(13)12-22-18-11-19(26)21(24-9-6-10-24)25-16(4)15(3)23-20(18)25/h5,7-8,11,21-22H,6,9-10,12H2,1-4H3. The molecule has 5 nitrogen and oxygen atoms in total. The lowest BCUT2D eigenvalue weighted by Gasteiger charge is -2.40. The van der Waals surface area contributed by atoms with Crippen LogP contribution in [0.25, 0.3) is 5.70 Å². The molecule has 4 rings (SSSR count). The molecule has 1 aromatic heterocycles. The van der Waals surface area contributed by atoms with E-state index in [1.54, 1.807) is 6.08 Å². The van der Waals surface area contributed by atoms with E-state index >= 15 is 0 Å². The van der Waals surface area contributed by atoms with E-state index in [0.717, 1.165) is 42.4 Å². The molecule has 26 heavy (non-hydrogen) atoms. The third-order valence-electron chi connectivity index (χ3n) is 5.75. The molecule has 0 bridgehead atoms. The van der Waals surface area contributed by atoms with Crippen molar-refractivity contribution in [1.29, 1.82) is 0 Å². The lowest BCUT2D eigenvalue weighted by atomic mass is 10.0. The molecular weight excluding hydrogens is 324 g/mol. The van der Waals surface area contributed by atoms with Crippen LogP contribution in [0.2, 0.25) is 0 Å². The van der Waals surface area contributed by atoms with E-state index in [4.69, 9.17) is 4.98 Å². The summed E-state index contributed by atoms with van der Waals surface area (Å²) in [6.07, 6.45) is 2.68. The Morgan fingerprint density at radius 3 is 2.46 bits per heavy atom. The molecule has 1 atom stereocenters. The fourth-order valence-corrected chi connectivity index (χ4v) is 3.89. The Morgan fingerprint density at radius 1 is 1.15 bits per heavy atom. The summed E-state index contributed by atoms with van der Waals surface area (Å²) in [5.41, 5.74) is 6.68. The number of carbonyl (C=O) groups is 1. The minimum absolute atomic E-state index is 0.140. The molecular formula is C21H26N4O. The number of nitrogens with one attached hydrogen (secondary N) is 1. The van der Waals surface area contributed by atoms with Crippen molar-refractivity contribution in [3.8, 4) is 0 Å². The second kappa shape index (κ2) is 6.40. The van der Waals surface area contributed by atoms with Gasteiger partial charge in [0.25, 0.3) is 0 Å². The largest absolute Gasteiger partial charge is 0.378 e. The van der Waals surface area contributed by atoms with Crippen LogP contribution in [-0.4, -0.2) is 33.3 Å². The van der Waals surface area contributed by atoms with E-state index in [0.29, 0.717) is 6.54 Å². The maximum absolute atomic E-state index is 12.9. The van der Waals surface area contributed by atoms with E-state index in [-0.39, 0.29) is 11.9 Å². The molecule has 2 aliphatic heterocycles. The van der Waals surface area contributed by atoms with Crippen molar-refractivity contribution < 1.29 is 4.79 Å². The monoisotopic (exact) mass is 350 g/mol. The van der Waals surface area contributed by atoms with Crippen LogP contribution in [0.15, 0.2) is 24.3 Å². The predicted molar refractivity (Wildman–Crippen MR) is 103 cm³/mol. The molecule has 1 fully saturated rings. The number of rotatable bonds is 4. The van der Waals surface area contributed by atoms with Gasteiger partial charge in [0.05, 0.1) is 11.4 Å². The van der Waals surface area contributed by atoms with Crippen molar-refractivity contribution in [1.82, 2.24) is 19.8 Å². The number of fused-ring (bicyclic) bond motifs is 1. The van der Waals surface area contributed by atoms with Gasteiger partial charge in [-0.1, -0.05) is 18.2 Å². The normalized spacial score (nSPS) is 19.8. The van der Waals surface area contributed by atoms with Gasteiger partial charge < -0.3 is 9.88 Å². The molecule has 0 spiro atoms. The highest BCUT2D eigenvalue weighted by molar-refractivity contribution is 6.00. The minimum atomic E-state index is -0.231. The number of aromatic nitrogens is 2. The zero-order valence-electron chi connectivity index (χ0n) is 16.0. The molecule has 0 radical (unpaired) electrons. The summed E-state index contributed by atoms with van der Waals surface area (Å²) in [6.45, 7) is 11.0. The lowest BCUT2D eigenvalue weighted by molar-refractivity contribution is -0.125. The summed E-state index contributed by atoms with van der Waals surface area (Å²) in [6, 6.07) is 6.33. The summed E-state index contributed by atoms with van der Waals surface area (Å²) in [5.74, 6) is 1.02. The zero-order chi connectivity index (χ0) is 18.4. The van der Waals surface area contributed by atoms with Crippen molar-refractivity contribution in [3.05, 3.63) is 58.2 Å². The molecule has 0 amide bonds. The van der Waals surface area contributed by atoms with Crippen LogP contribution in [0.3, 0.4) is 0 Å². The van der Waals surface area contributed by atoms with E-state index in [2.05, 4.69) is 53.8 Å². The van der Waals surface area contributed by atoms with Crippen LogP contribution in [0.4, 0.5) is 0 Å². The molecule has 2 aliphatic rings. The number of aryl methyl sites for hydroxylation is 3. The van der Waals surface area contributed by atoms with Gasteiger partial charge in [-0.25, -0.2) is 4.98 Å². The van der Waals surface area contributed by atoms with Gasteiger partial charge in [0.1, 0.15) is 0 Å². The van der Waals surface area contributed by atoms with Crippen molar-refractivity contribution in [2.24, 2.45) is 0 Å². The van der Waals surface area contributed by atoms with Crippen molar-refractivity contribution in [2.75, 3.05) is 13.1 Å². The number of imidazole rings is 1. The van der Waals surface area contributed by atoms with Crippen molar-refractivity contribution in [2.45, 2.75) is 46.8 Å². The lowest BCUT2D eigenvalue weighted by Crippen LogP contribution is -2.48. The molecule has 0 saturated carbocycles. The second-order valence-corrected chi connectivity index (χ2v) is 7.42. The molecule has 1 aromatic carbocycles. The van der Waals surface area contributed by atoms with Crippen LogP contribution in [-0.2, 0) is 11.3 Å². The van der Waals surface area contributed by atoms with Crippen LogP contribution >= 0.6 is 0 Å². The fraction of sp³-hybridized carbons (Fsp3) is 0.429. The summed E-state index contributed by atoms with van der Waals surface area (Å²) in [7, 11) is 0. The first kappa shape index (κ1) is 17.0. The summed E-state index contributed by atoms with van der Waals surface area (Å²) in [5, 5.41) is 3.48. The summed E-state index contributed by atoms with van der Waals surface area (Å²) >= 11 is 0. The SMILES string of the molecule is Cc1cccc(C)c1CNC1=CC(=O)C(N2CCC2)n2c1nc(C)c2C. The number of likely N-dealkylation sites (tertiary alicyclic amines) is 1. The van der Waals surface area contributed by atoms with Gasteiger partial charge >= 0.3 is 0 Å². The molecule has 2 aromatic rings. The average Bonchev–Trinajstić information content (AvgIpc) is 2.84. The Morgan fingerprint density at radius 2 is 1.85 bits per heavy atom. The van der Waals surface area contributed by atoms with E-state index in [9.17, 15) is 4.79 Å². The Bertz CT molecular complexity index is 885. The number of hydrogen-bond acceptors (Lipinski definition) is 4. The average molecular weight is 350 g/mol. The third kappa shape index (κ3) is 2.67. The number of nitrogens with zero attached hydrogens (tertiary/aromatic N) is 3. The van der Waals surface area contributed by atoms with Crippen LogP contribution in [0.5, 0.6) is 0 Å². The smallest absolute Gasteiger partial charge is 0.195 e. The van der Waals surface area contributed by atoms with Gasteiger partial charge in [-0.05, 0) is 50.8 Å². The second-order valence-electron chi connectivity index (χ2n) is 7.42. The highest BCUT2D eigenvalue weighted by atomic mass is 16.1. The molecule has 3 heterocycles. The maximum atomic E-state index is 12.9. The molecule has 5 heteroatoms. The minimum Gasteiger partial charge on any atom is -0.378 e. The highest BCUT2D eigenvalue weighted by Gasteiger charge is 2.37. The van der Waals surface area contributed by atoms with Gasteiger partial charge in [0, 0.05) is 31.4 Å². The molecule has 1 saturated heterocycles. The van der Waals surface area contributed by atoms with Gasteiger partial charge in [0.15, 0.2) is 17.8 Å². The van der Waals surface area contributed by atoms with Gasteiger partial charge in [-0.15, -0.1) is 0 Å².